The van der Waals surface area contributed by atoms with E-state index in [2.05, 4.69) is 5.32 Å². The molecule has 1 rings (SSSR count). The molecule has 1 aromatic rings. The molecule has 16 heavy (non-hydrogen) atoms. The lowest BCUT2D eigenvalue weighted by Gasteiger charge is -2.04. The second kappa shape index (κ2) is 5.45. The number of nitrogens with one attached hydrogen (secondary N) is 2. The van der Waals surface area contributed by atoms with Crippen molar-refractivity contribution < 1.29 is 13.6 Å². The number of benzene rings is 1. The highest BCUT2D eigenvalue weighted by Crippen LogP contribution is 2.13. The van der Waals surface area contributed by atoms with Gasteiger partial charge >= 0.3 is 0 Å². The average molecular weight is 245 g/mol. The van der Waals surface area contributed by atoms with Crippen LogP contribution in [0.3, 0.4) is 0 Å². The van der Waals surface area contributed by atoms with Gasteiger partial charge in [0.2, 0.25) is 5.91 Å². The number of anilines is 1. The molecule has 0 aromatic heterocycles. The number of amides is 1. The SMILES string of the molecule is N=C(N)SCC(=O)Nc1ccc(F)c(F)c1. The van der Waals surface area contributed by atoms with Crippen LogP contribution >= 0.6 is 11.8 Å². The van der Waals surface area contributed by atoms with Gasteiger partial charge in [-0.05, 0) is 12.1 Å². The van der Waals surface area contributed by atoms with Crippen molar-refractivity contribution in [1.29, 1.82) is 5.41 Å². The topological polar surface area (TPSA) is 79.0 Å². The predicted molar refractivity (Wildman–Crippen MR) is 59.4 cm³/mol. The van der Waals surface area contributed by atoms with E-state index in [1.54, 1.807) is 0 Å². The average Bonchev–Trinajstić information content (AvgIpc) is 2.21. The number of halogens is 2. The lowest BCUT2D eigenvalue weighted by atomic mass is 10.3. The fraction of sp³-hybridized carbons (Fsp3) is 0.111. The van der Waals surface area contributed by atoms with Crippen LogP contribution < -0.4 is 11.1 Å². The van der Waals surface area contributed by atoms with Gasteiger partial charge in [-0.25, -0.2) is 8.78 Å². The minimum Gasteiger partial charge on any atom is -0.379 e. The second-order valence-corrected chi connectivity index (χ2v) is 3.85. The van der Waals surface area contributed by atoms with Gasteiger partial charge in [0.1, 0.15) is 0 Å². The smallest absolute Gasteiger partial charge is 0.234 e. The number of hydrogen-bond donors (Lipinski definition) is 3. The van der Waals surface area contributed by atoms with Gasteiger partial charge in [0, 0.05) is 11.8 Å². The van der Waals surface area contributed by atoms with Crippen molar-refractivity contribution in [2.45, 2.75) is 0 Å². The minimum absolute atomic E-state index is 0.0473. The number of rotatable bonds is 3. The van der Waals surface area contributed by atoms with Crippen LogP contribution in [0.1, 0.15) is 0 Å². The fourth-order valence-electron chi connectivity index (χ4n) is 0.914. The maximum absolute atomic E-state index is 12.8. The molecule has 1 amide bonds. The first kappa shape index (κ1) is 12.4. The molecule has 4 nitrogen and oxygen atoms in total. The quantitative estimate of drug-likeness (QED) is 0.558. The maximum Gasteiger partial charge on any atom is 0.234 e. The van der Waals surface area contributed by atoms with Crippen LogP contribution in [0.2, 0.25) is 0 Å². The van der Waals surface area contributed by atoms with E-state index in [9.17, 15) is 13.6 Å². The monoisotopic (exact) mass is 245 g/mol. The third-order valence-electron chi connectivity index (χ3n) is 1.56. The number of hydrogen-bond acceptors (Lipinski definition) is 3. The van der Waals surface area contributed by atoms with E-state index >= 15 is 0 Å². The van der Waals surface area contributed by atoms with Crippen molar-refractivity contribution in [3.05, 3.63) is 29.8 Å². The number of carbonyl (C=O) groups is 1. The van der Waals surface area contributed by atoms with Gasteiger partial charge in [-0.1, -0.05) is 11.8 Å². The Morgan fingerprint density at radius 3 is 2.69 bits per heavy atom. The molecule has 86 valence electrons. The largest absolute Gasteiger partial charge is 0.379 e. The van der Waals surface area contributed by atoms with Crippen LogP contribution in [0.15, 0.2) is 18.2 Å². The maximum atomic E-state index is 12.8. The van der Waals surface area contributed by atoms with E-state index in [-0.39, 0.29) is 16.6 Å². The van der Waals surface area contributed by atoms with Crippen molar-refractivity contribution in [3.63, 3.8) is 0 Å². The van der Waals surface area contributed by atoms with Gasteiger partial charge in [-0.3, -0.25) is 10.2 Å². The first-order valence-electron chi connectivity index (χ1n) is 4.21. The molecule has 4 N–H and O–H groups in total. The number of amidine groups is 1. The van der Waals surface area contributed by atoms with Crippen molar-refractivity contribution >= 4 is 28.5 Å². The molecule has 7 heteroatoms. The molecule has 0 aliphatic rings. The molecule has 0 aliphatic carbocycles. The van der Waals surface area contributed by atoms with Crippen LogP contribution in [0, 0.1) is 17.0 Å². The van der Waals surface area contributed by atoms with Gasteiger partial charge in [0.15, 0.2) is 16.8 Å². The Morgan fingerprint density at radius 2 is 2.12 bits per heavy atom. The van der Waals surface area contributed by atoms with Crippen LogP contribution in [0.5, 0.6) is 0 Å². The Labute approximate surface area is 94.7 Å². The Morgan fingerprint density at radius 1 is 1.44 bits per heavy atom. The first-order valence-corrected chi connectivity index (χ1v) is 5.19. The zero-order valence-corrected chi connectivity index (χ0v) is 8.91. The van der Waals surface area contributed by atoms with Crippen LogP contribution in [-0.4, -0.2) is 16.8 Å². The third-order valence-corrected chi connectivity index (χ3v) is 2.28. The minimum atomic E-state index is -1.03. The molecule has 0 unspecified atom stereocenters. The Bertz CT molecular complexity index is 425. The summed E-state index contributed by atoms with van der Waals surface area (Å²) in [5.74, 6) is -2.49. The van der Waals surface area contributed by atoms with Gasteiger partial charge in [-0.15, -0.1) is 0 Å². The van der Waals surface area contributed by atoms with Crippen LogP contribution in [0.4, 0.5) is 14.5 Å². The van der Waals surface area contributed by atoms with Crippen molar-refractivity contribution in [3.8, 4) is 0 Å². The van der Waals surface area contributed by atoms with E-state index in [1.165, 1.54) is 6.07 Å². The number of carbonyl (C=O) groups excluding carboxylic acids is 1. The summed E-state index contributed by atoms with van der Waals surface area (Å²) in [6, 6.07) is 3.05. The number of thioether (sulfide) groups is 1. The highest BCUT2D eigenvalue weighted by molar-refractivity contribution is 8.14. The van der Waals surface area contributed by atoms with Crippen molar-refractivity contribution in [2.75, 3.05) is 11.1 Å². The molecule has 0 fully saturated rings. The van der Waals surface area contributed by atoms with Crippen molar-refractivity contribution in [2.24, 2.45) is 5.73 Å². The second-order valence-electron chi connectivity index (χ2n) is 2.83. The molecule has 0 aliphatic heterocycles. The summed E-state index contributed by atoms with van der Waals surface area (Å²) in [6.07, 6.45) is 0. The van der Waals surface area contributed by atoms with E-state index in [0.717, 1.165) is 23.9 Å². The zero-order valence-electron chi connectivity index (χ0n) is 8.09. The highest BCUT2D eigenvalue weighted by Gasteiger charge is 2.06. The van der Waals surface area contributed by atoms with E-state index in [1.807, 2.05) is 0 Å². The Hall–Kier alpha value is -1.63. The van der Waals surface area contributed by atoms with Gasteiger partial charge in [0.25, 0.3) is 0 Å². The molecule has 1 aromatic carbocycles. The molecule has 0 bridgehead atoms. The lowest BCUT2D eigenvalue weighted by molar-refractivity contribution is -0.113. The van der Waals surface area contributed by atoms with E-state index in [4.69, 9.17) is 11.1 Å². The summed E-state index contributed by atoms with van der Waals surface area (Å²) in [5, 5.41) is 9.05. The summed E-state index contributed by atoms with van der Waals surface area (Å²) in [5.41, 5.74) is 5.20. The lowest BCUT2D eigenvalue weighted by Crippen LogP contribution is -2.17. The summed E-state index contributed by atoms with van der Waals surface area (Å²) >= 11 is 0.847. The van der Waals surface area contributed by atoms with Gasteiger partial charge in [-0.2, -0.15) is 0 Å². The molecule has 0 saturated heterocycles. The molecule has 0 spiro atoms. The van der Waals surface area contributed by atoms with Crippen LogP contribution in [0.25, 0.3) is 0 Å². The summed E-state index contributed by atoms with van der Waals surface area (Å²) < 4.78 is 25.3. The van der Waals surface area contributed by atoms with E-state index in [0.29, 0.717) is 0 Å². The van der Waals surface area contributed by atoms with E-state index < -0.39 is 17.5 Å². The molecular weight excluding hydrogens is 236 g/mol. The predicted octanol–water partition coefficient (Wildman–Crippen LogP) is 1.53. The molecule has 0 saturated carbocycles. The molecule has 0 radical (unpaired) electrons. The van der Waals surface area contributed by atoms with Crippen molar-refractivity contribution in [1.82, 2.24) is 0 Å². The zero-order chi connectivity index (χ0) is 12.1. The van der Waals surface area contributed by atoms with Gasteiger partial charge < -0.3 is 11.1 Å². The molecule has 0 atom stereocenters. The molecular formula is C9H9F2N3OS. The number of nitrogens with two attached hydrogens (primary N) is 1. The Balaban J connectivity index is 2.56. The summed E-state index contributed by atoms with van der Waals surface area (Å²) in [6.45, 7) is 0. The highest BCUT2D eigenvalue weighted by atomic mass is 32.2. The fourth-order valence-corrected chi connectivity index (χ4v) is 1.27. The first-order chi connectivity index (χ1) is 7.49. The standard InChI is InChI=1S/C9H9F2N3OS/c10-6-2-1-5(3-7(6)11)14-8(15)4-16-9(12)13/h1-3H,4H2,(H3,12,13)(H,14,15). The van der Waals surface area contributed by atoms with Crippen LogP contribution in [-0.2, 0) is 4.79 Å². The summed E-state index contributed by atoms with van der Waals surface area (Å²) in [7, 11) is 0. The summed E-state index contributed by atoms with van der Waals surface area (Å²) in [4.78, 5) is 11.2. The molecule has 0 heterocycles. The van der Waals surface area contributed by atoms with Gasteiger partial charge in [0.05, 0.1) is 5.75 Å². The Kier molecular flexibility index (Phi) is 4.24. The third kappa shape index (κ3) is 3.85. The normalized spacial score (nSPS) is 9.88.